The van der Waals surface area contributed by atoms with Crippen LogP contribution in [0, 0.1) is 10.1 Å². The molecule has 0 atom stereocenters. The van der Waals surface area contributed by atoms with Crippen LogP contribution < -0.4 is 0 Å². The van der Waals surface area contributed by atoms with Crippen molar-refractivity contribution in [2.24, 2.45) is 0 Å². The number of hydrogen-bond donors (Lipinski definition) is 0. The molecule has 106 valence electrons. The van der Waals surface area contributed by atoms with Crippen molar-refractivity contribution >= 4 is 23.4 Å². The first-order valence-corrected chi connectivity index (χ1v) is 5.38. The Morgan fingerprint density at radius 1 is 1.20 bits per heavy atom. The van der Waals surface area contributed by atoms with E-state index >= 15 is 0 Å². The molecule has 0 aromatic heterocycles. The number of carbonyl (C=O) groups excluding carboxylic acids is 3. The van der Waals surface area contributed by atoms with Crippen molar-refractivity contribution in [1.29, 1.82) is 0 Å². The van der Waals surface area contributed by atoms with Crippen LogP contribution in [0.4, 0.5) is 5.69 Å². The topological polar surface area (TPSA) is 113 Å². The van der Waals surface area contributed by atoms with E-state index in [1.165, 1.54) is 12.1 Å². The van der Waals surface area contributed by atoms with Crippen molar-refractivity contribution < 1.29 is 28.8 Å². The fraction of sp³-hybridized carbons (Fsp3) is 0.250. The number of nitro benzene ring substituents is 1. The second-order valence-corrected chi connectivity index (χ2v) is 3.64. The minimum Gasteiger partial charge on any atom is -0.465 e. The molecule has 0 unspecified atom stereocenters. The third-order valence-electron chi connectivity index (χ3n) is 2.50. The van der Waals surface area contributed by atoms with Crippen LogP contribution in [-0.4, -0.2) is 36.9 Å². The van der Waals surface area contributed by atoms with E-state index < -0.39 is 34.8 Å². The zero-order chi connectivity index (χ0) is 15.3. The fourth-order valence-electron chi connectivity index (χ4n) is 1.58. The second kappa shape index (κ2) is 6.41. The molecular weight excluding hydrogens is 270 g/mol. The van der Waals surface area contributed by atoms with Crippen molar-refractivity contribution in [3.8, 4) is 0 Å². The number of benzene rings is 1. The third-order valence-corrected chi connectivity index (χ3v) is 2.50. The van der Waals surface area contributed by atoms with E-state index in [4.69, 9.17) is 0 Å². The van der Waals surface area contributed by atoms with Gasteiger partial charge >= 0.3 is 11.9 Å². The van der Waals surface area contributed by atoms with E-state index in [0.717, 1.165) is 20.3 Å². The maximum Gasteiger partial charge on any atom is 0.374 e. The summed E-state index contributed by atoms with van der Waals surface area (Å²) in [7, 11) is 2.12. The summed E-state index contributed by atoms with van der Waals surface area (Å²) in [4.78, 5) is 44.4. The minimum absolute atomic E-state index is 0.140. The highest BCUT2D eigenvalue weighted by molar-refractivity contribution is 6.34. The van der Waals surface area contributed by atoms with Gasteiger partial charge in [0.1, 0.15) is 0 Å². The van der Waals surface area contributed by atoms with Gasteiger partial charge in [0.15, 0.2) is 0 Å². The highest BCUT2D eigenvalue weighted by atomic mass is 16.6. The summed E-state index contributed by atoms with van der Waals surface area (Å²) in [5.41, 5.74) is -0.760. The zero-order valence-corrected chi connectivity index (χ0v) is 10.7. The van der Waals surface area contributed by atoms with E-state index in [9.17, 15) is 24.5 Å². The number of Topliss-reactive ketones (excluding diaryl/α,β-unsaturated/α-hetero) is 1. The van der Waals surface area contributed by atoms with Crippen LogP contribution in [0.1, 0.15) is 15.9 Å². The lowest BCUT2D eigenvalue weighted by Gasteiger charge is -2.07. The molecule has 0 aliphatic carbocycles. The molecule has 8 heteroatoms. The summed E-state index contributed by atoms with van der Waals surface area (Å²) in [6.07, 6.45) is -0.617. The average Bonchev–Trinajstić information content (AvgIpc) is 2.45. The Bertz CT molecular complexity index is 579. The molecule has 1 aromatic carbocycles. The molecule has 0 radical (unpaired) electrons. The van der Waals surface area contributed by atoms with Gasteiger partial charge in [0.05, 0.1) is 36.7 Å². The maximum absolute atomic E-state index is 11.6. The molecule has 8 nitrogen and oxygen atoms in total. The lowest BCUT2D eigenvalue weighted by Crippen LogP contribution is -2.20. The SMILES string of the molecule is COC(=O)C(=O)Cc1c(C(=O)OC)cccc1[N+](=O)[O-]. The minimum atomic E-state index is -1.14. The molecule has 0 aliphatic rings. The first-order chi connectivity index (χ1) is 9.42. The predicted octanol–water partition coefficient (Wildman–Crippen LogP) is 0.666. The first-order valence-electron chi connectivity index (χ1n) is 5.38. The first kappa shape index (κ1) is 15.3. The number of nitro groups is 1. The number of methoxy groups -OCH3 is 2. The van der Waals surface area contributed by atoms with Crippen LogP contribution in [0.15, 0.2) is 18.2 Å². The van der Waals surface area contributed by atoms with E-state index in [2.05, 4.69) is 9.47 Å². The molecule has 1 rings (SSSR count). The van der Waals surface area contributed by atoms with Gasteiger partial charge in [-0.15, -0.1) is 0 Å². The van der Waals surface area contributed by atoms with Gasteiger partial charge in [-0.25, -0.2) is 9.59 Å². The molecule has 0 aliphatic heterocycles. The number of ether oxygens (including phenoxy) is 2. The van der Waals surface area contributed by atoms with Crippen molar-refractivity contribution in [3.63, 3.8) is 0 Å². The largest absolute Gasteiger partial charge is 0.465 e. The zero-order valence-electron chi connectivity index (χ0n) is 10.7. The smallest absolute Gasteiger partial charge is 0.374 e. The number of ketones is 1. The Labute approximate surface area is 113 Å². The van der Waals surface area contributed by atoms with Crippen molar-refractivity contribution in [2.75, 3.05) is 14.2 Å². The normalized spacial score (nSPS) is 9.70. The summed E-state index contributed by atoms with van der Waals surface area (Å²) >= 11 is 0. The van der Waals surface area contributed by atoms with E-state index in [1.807, 2.05) is 0 Å². The molecule has 20 heavy (non-hydrogen) atoms. The summed E-state index contributed by atoms with van der Waals surface area (Å²) < 4.78 is 8.73. The van der Waals surface area contributed by atoms with Gasteiger partial charge in [0.2, 0.25) is 5.78 Å². The maximum atomic E-state index is 11.6. The number of esters is 2. The van der Waals surface area contributed by atoms with Gasteiger partial charge in [-0.3, -0.25) is 14.9 Å². The molecule has 0 heterocycles. The van der Waals surface area contributed by atoms with E-state index in [0.29, 0.717) is 0 Å². The summed E-state index contributed by atoms with van der Waals surface area (Å²) in [5, 5.41) is 10.9. The van der Waals surface area contributed by atoms with Crippen LogP contribution in [-0.2, 0) is 25.5 Å². The molecule has 0 bridgehead atoms. The second-order valence-electron chi connectivity index (χ2n) is 3.64. The van der Waals surface area contributed by atoms with Gasteiger partial charge in [-0.2, -0.15) is 0 Å². The Morgan fingerprint density at radius 3 is 2.35 bits per heavy atom. The number of hydrogen-bond acceptors (Lipinski definition) is 7. The number of rotatable bonds is 5. The molecule has 0 N–H and O–H groups in total. The summed E-state index contributed by atoms with van der Waals surface area (Å²) in [6, 6.07) is 3.70. The Balaban J connectivity index is 3.32. The lowest BCUT2D eigenvalue weighted by molar-refractivity contribution is -0.385. The van der Waals surface area contributed by atoms with Crippen molar-refractivity contribution in [3.05, 3.63) is 39.4 Å². The van der Waals surface area contributed by atoms with Crippen molar-refractivity contribution in [2.45, 2.75) is 6.42 Å². The molecule has 1 aromatic rings. The molecule has 0 fully saturated rings. The van der Waals surface area contributed by atoms with Crippen molar-refractivity contribution in [1.82, 2.24) is 0 Å². The van der Waals surface area contributed by atoms with Gasteiger partial charge < -0.3 is 9.47 Å². The van der Waals surface area contributed by atoms with Gasteiger partial charge in [0, 0.05) is 6.07 Å². The van der Waals surface area contributed by atoms with Crippen LogP contribution in [0.25, 0.3) is 0 Å². The fourth-order valence-corrected chi connectivity index (χ4v) is 1.58. The molecular formula is C12H11NO7. The molecule has 0 saturated heterocycles. The standard InChI is InChI=1S/C12H11NO7/c1-19-11(15)7-4-3-5-9(13(17)18)8(7)6-10(14)12(16)20-2/h3-5H,6H2,1-2H3. The van der Waals surface area contributed by atoms with E-state index in [-0.39, 0.29) is 11.1 Å². The summed E-state index contributed by atoms with van der Waals surface area (Å²) in [6.45, 7) is 0. The average molecular weight is 281 g/mol. The third kappa shape index (κ3) is 3.16. The predicted molar refractivity (Wildman–Crippen MR) is 65.2 cm³/mol. The monoisotopic (exact) mass is 281 g/mol. The van der Waals surface area contributed by atoms with Gasteiger partial charge in [-0.1, -0.05) is 6.07 Å². The Kier molecular flexibility index (Phi) is 4.90. The lowest BCUT2D eigenvalue weighted by atomic mass is 10.00. The van der Waals surface area contributed by atoms with Gasteiger partial charge in [0.25, 0.3) is 5.69 Å². The number of carbonyl (C=O) groups is 3. The van der Waals surface area contributed by atoms with Crippen LogP contribution in [0.3, 0.4) is 0 Å². The quantitative estimate of drug-likeness (QED) is 0.337. The highest BCUT2D eigenvalue weighted by Crippen LogP contribution is 2.24. The Morgan fingerprint density at radius 2 is 1.85 bits per heavy atom. The van der Waals surface area contributed by atoms with Crippen LogP contribution in [0.2, 0.25) is 0 Å². The van der Waals surface area contributed by atoms with Crippen LogP contribution >= 0.6 is 0 Å². The molecule has 0 amide bonds. The number of nitrogens with zero attached hydrogens (tertiary/aromatic N) is 1. The molecule has 0 saturated carbocycles. The van der Waals surface area contributed by atoms with Crippen LogP contribution in [0.5, 0.6) is 0 Å². The Hall–Kier alpha value is -2.77. The van der Waals surface area contributed by atoms with E-state index in [1.54, 1.807) is 0 Å². The molecule has 0 spiro atoms. The highest BCUT2D eigenvalue weighted by Gasteiger charge is 2.26. The summed E-state index contributed by atoms with van der Waals surface area (Å²) in [5.74, 6) is -2.97. The van der Waals surface area contributed by atoms with Gasteiger partial charge in [-0.05, 0) is 6.07 Å².